The van der Waals surface area contributed by atoms with E-state index in [0.29, 0.717) is 17.2 Å². The van der Waals surface area contributed by atoms with Crippen LogP contribution >= 0.6 is 0 Å². The molecular formula is C14H20N2O3. The maximum absolute atomic E-state index is 12.1. The highest BCUT2D eigenvalue weighted by molar-refractivity contribution is 5.96. The molecule has 0 bridgehead atoms. The van der Waals surface area contributed by atoms with Crippen LogP contribution in [-0.2, 0) is 4.79 Å². The first kappa shape index (κ1) is 13.7. The topological polar surface area (TPSA) is 59.6 Å². The minimum Gasteiger partial charge on any atom is -0.497 e. The monoisotopic (exact) mass is 264 g/mol. The lowest BCUT2D eigenvalue weighted by atomic mass is 10.0. The molecule has 1 aliphatic rings. The van der Waals surface area contributed by atoms with Crippen LogP contribution in [0.4, 0.5) is 5.69 Å². The molecule has 1 aromatic carbocycles. The Bertz CT molecular complexity index is 442. The summed E-state index contributed by atoms with van der Waals surface area (Å²) in [6, 6.07) is 5.23. The fourth-order valence-electron chi connectivity index (χ4n) is 2.20. The summed E-state index contributed by atoms with van der Waals surface area (Å²) in [5.74, 6) is 1.29. The predicted octanol–water partition coefficient (Wildman–Crippen LogP) is 1.78. The average molecular weight is 264 g/mol. The van der Waals surface area contributed by atoms with Gasteiger partial charge in [-0.05, 0) is 31.5 Å². The number of piperidine rings is 1. The first-order valence-corrected chi connectivity index (χ1v) is 6.51. The van der Waals surface area contributed by atoms with Crippen molar-refractivity contribution < 1.29 is 14.3 Å². The van der Waals surface area contributed by atoms with Crippen LogP contribution < -0.4 is 20.1 Å². The Morgan fingerprint density at radius 1 is 1.32 bits per heavy atom. The normalized spacial score (nSPS) is 18.7. The first-order chi connectivity index (χ1) is 9.24. The van der Waals surface area contributed by atoms with Crippen molar-refractivity contribution in [2.75, 3.05) is 26.1 Å². The number of rotatable bonds is 4. The third-order valence-corrected chi connectivity index (χ3v) is 3.29. The Labute approximate surface area is 113 Å². The number of carbonyl (C=O) groups is 1. The molecule has 0 aromatic heterocycles. The lowest BCUT2D eigenvalue weighted by molar-refractivity contribution is -0.118. The first-order valence-electron chi connectivity index (χ1n) is 6.51. The Balaban J connectivity index is 2.07. The van der Waals surface area contributed by atoms with Crippen molar-refractivity contribution in [3.8, 4) is 11.5 Å². The molecule has 5 heteroatoms. The molecule has 1 saturated heterocycles. The van der Waals surface area contributed by atoms with Crippen molar-refractivity contribution in [2.24, 2.45) is 0 Å². The van der Waals surface area contributed by atoms with Crippen molar-refractivity contribution >= 4 is 11.6 Å². The van der Waals surface area contributed by atoms with Crippen molar-refractivity contribution in [1.82, 2.24) is 5.32 Å². The van der Waals surface area contributed by atoms with E-state index in [9.17, 15) is 4.79 Å². The van der Waals surface area contributed by atoms with E-state index < -0.39 is 0 Å². The third-order valence-electron chi connectivity index (χ3n) is 3.29. The van der Waals surface area contributed by atoms with E-state index in [1.165, 1.54) is 0 Å². The van der Waals surface area contributed by atoms with Crippen molar-refractivity contribution in [1.29, 1.82) is 0 Å². The molecule has 0 aliphatic carbocycles. The van der Waals surface area contributed by atoms with E-state index in [1.807, 2.05) is 0 Å². The second-order valence-corrected chi connectivity index (χ2v) is 4.56. The zero-order valence-corrected chi connectivity index (χ0v) is 11.4. The maximum atomic E-state index is 12.1. The molecular weight excluding hydrogens is 244 g/mol. The van der Waals surface area contributed by atoms with Crippen LogP contribution in [0.1, 0.15) is 19.3 Å². The van der Waals surface area contributed by atoms with E-state index in [-0.39, 0.29) is 11.9 Å². The van der Waals surface area contributed by atoms with Gasteiger partial charge in [-0.1, -0.05) is 6.42 Å². The van der Waals surface area contributed by atoms with Gasteiger partial charge >= 0.3 is 0 Å². The molecule has 1 aromatic rings. The Kier molecular flexibility index (Phi) is 4.63. The van der Waals surface area contributed by atoms with Crippen LogP contribution in [0.3, 0.4) is 0 Å². The van der Waals surface area contributed by atoms with Gasteiger partial charge in [0.25, 0.3) is 0 Å². The van der Waals surface area contributed by atoms with Crippen LogP contribution in [-0.4, -0.2) is 32.7 Å². The maximum Gasteiger partial charge on any atom is 0.241 e. The highest BCUT2D eigenvalue weighted by Gasteiger charge is 2.21. The highest BCUT2D eigenvalue weighted by Crippen LogP contribution is 2.29. The highest BCUT2D eigenvalue weighted by atomic mass is 16.5. The minimum atomic E-state index is -0.111. The van der Waals surface area contributed by atoms with Crippen molar-refractivity contribution in [3.63, 3.8) is 0 Å². The molecule has 1 fully saturated rings. The predicted molar refractivity (Wildman–Crippen MR) is 73.8 cm³/mol. The largest absolute Gasteiger partial charge is 0.497 e. The van der Waals surface area contributed by atoms with E-state index in [1.54, 1.807) is 32.4 Å². The second kappa shape index (κ2) is 6.43. The van der Waals surface area contributed by atoms with Crippen LogP contribution in [0.5, 0.6) is 11.5 Å². The van der Waals surface area contributed by atoms with Crippen LogP contribution in [0, 0.1) is 0 Å². The molecule has 5 nitrogen and oxygen atoms in total. The quantitative estimate of drug-likeness (QED) is 0.870. The van der Waals surface area contributed by atoms with E-state index >= 15 is 0 Å². The number of methoxy groups -OCH3 is 2. The summed E-state index contributed by atoms with van der Waals surface area (Å²) in [7, 11) is 3.17. The molecule has 2 rings (SSSR count). The molecule has 0 radical (unpaired) electrons. The Hall–Kier alpha value is -1.75. The van der Waals surface area contributed by atoms with E-state index in [4.69, 9.17) is 9.47 Å². The van der Waals surface area contributed by atoms with E-state index in [0.717, 1.165) is 25.8 Å². The van der Waals surface area contributed by atoms with Crippen molar-refractivity contribution in [3.05, 3.63) is 18.2 Å². The Morgan fingerprint density at radius 2 is 2.16 bits per heavy atom. The molecule has 19 heavy (non-hydrogen) atoms. The zero-order valence-electron chi connectivity index (χ0n) is 11.4. The summed E-state index contributed by atoms with van der Waals surface area (Å²) in [6.45, 7) is 0.901. The molecule has 1 amide bonds. The van der Waals surface area contributed by atoms with Gasteiger partial charge in [0.1, 0.15) is 11.5 Å². The van der Waals surface area contributed by atoms with Crippen molar-refractivity contribution in [2.45, 2.75) is 25.3 Å². The smallest absolute Gasteiger partial charge is 0.241 e. The number of hydrogen-bond donors (Lipinski definition) is 2. The summed E-state index contributed by atoms with van der Waals surface area (Å²) < 4.78 is 10.4. The number of carbonyl (C=O) groups excluding carboxylic acids is 1. The standard InChI is InChI=1S/C14H20N2O3/c1-18-10-6-7-11(13(9-10)19-2)16-14(17)12-5-3-4-8-15-12/h6-7,9,12,15H,3-5,8H2,1-2H3,(H,16,17)/t12-/m0/s1. The van der Waals surface area contributed by atoms with Gasteiger partial charge in [0, 0.05) is 6.07 Å². The Morgan fingerprint density at radius 3 is 2.79 bits per heavy atom. The second-order valence-electron chi connectivity index (χ2n) is 4.56. The van der Waals surface area contributed by atoms with Crippen LogP contribution in [0.2, 0.25) is 0 Å². The van der Waals surface area contributed by atoms with Gasteiger partial charge in [-0.15, -0.1) is 0 Å². The molecule has 1 heterocycles. The fourth-order valence-corrected chi connectivity index (χ4v) is 2.20. The fraction of sp³-hybridized carbons (Fsp3) is 0.500. The van der Waals surface area contributed by atoms with Gasteiger partial charge < -0.3 is 20.1 Å². The summed E-state index contributed by atoms with van der Waals surface area (Å²) in [6.07, 6.45) is 3.10. The molecule has 1 atom stereocenters. The van der Waals surface area contributed by atoms with Gasteiger partial charge in [0.05, 0.1) is 25.9 Å². The lowest BCUT2D eigenvalue weighted by Crippen LogP contribution is -2.43. The molecule has 104 valence electrons. The molecule has 2 N–H and O–H groups in total. The van der Waals surface area contributed by atoms with Gasteiger partial charge in [-0.3, -0.25) is 4.79 Å². The number of ether oxygens (including phenoxy) is 2. The summed E-state index contributed by atoms with van der Waals surface area (Å²) in [5, 5.41) is 6.12. The summed E-state index contributed by atoms with van der Waals surface area (Å²) in [4.78, 5) is 12.1. The van der Waals surface area contributed by atoms with E-state index in [2.05, 4.69) is 10.6 Å². The van der Waals surface area contributed by atoms with Gasteiger partial charge in [-0.25, -0.2) is 0 Å². The lowest BCUT2D eigenvalue weighted by Gasteiger charge is -2.23. The third kappa shape index (κ3) is 3.38. The van der Waals surface area contributed by atoms with Crippen LogP contribution in [0.25, 0.3) is 0 Å². The minimum absolute atomic E-state index is 0.0110. The molecule has 0 spiro atoms. The summed E-state index contributed by atoms with van der Waals surface area (Å²) >= 11 is 0. The van der Waals surface area contributed by atoms with Gasteiger partial charge in [0.15, 0.2) is 0 Å². The summed E-state index contributed by atoms with van der Waals surface area (Å²) in [5.41, 5.74) is 0.667. The zero-order chi connectivity index (χ0) is 13.7. The number of hydrogen-bond acceptors (Lipinski definition) is 4. The van der Waals surface area contributed by atoms with Crippen LogP contribution in [0.15, 0.2) is 18.2 Å². The average Bonchev–Trinajstić information content (AvgIpc) is 2.48. The van der Waals surface area contributed by atoms with Gasteiger partial charge in [-0.2, -0.15) is 0 Å². The van der Waals surface area contributed by atoms with Gasteiger partial charge in [0.2, 0.25) is 5.91 Å². The SMILES string of the molecule is COc1ccc(NC(=O)[C@@H]2CCCCN2)c(OC)c1. The molecule has 0 saturated carbocycles. The number of nitrogens with one attached hydrogen (secondary N) is 2. The number of amides is 1. The molecule has 1 aliphatic heterocycles. The molecule has 0 unspecified atom stereocenters. The number of anilines is 1. The number of benzene rings is 1.